The van der Waals surface area contributed by atoms with Crippen molar-refractivity contribution in [3.8, 4) is 0 Å². The summed E-state index contributed by atoms with van der Waals surface area (Å²) in [7, 11) is -3.15. The third-order valence-electron chi connectivity index (χ3n) is 3.42. The Balaban J connectivity index is 2.07. The lowest BCUT2D eigenvalue weighted by Crippen LogP contribution is -3.13. The van der Waals surface area contributed by atoms with Crippen molar-refractivity contribution < 1.29 is 17.7 Å². The SMILES string of the molecule is CS(=O)(=O)NC[C@H](c1ccco1)[NH+]1CCCCC1. The molecule has 1 aromatic heterocycles. The van der Waals surface area contributed by atoms with E-state index in [0.717, 1.165) is 18.8 Å². The molecule has 0 aliphatic carbocycles. The Morgan fingerprint density at radius 1 is 1.39 bits per heavy atom. The van der Waals surface area contributed by atoms with Gasteiger partial charge in [-0.15, -0.1) is 0 Å². The molecule has 1 fully saturated rings. The molecule has 1 saturated heterocycles. The van der Waals surface area contributed by atoms with Gasteiger partial charge in [-0.25, -0.2) is 13.1 Å². The lowest BCUT2D eigenvalue weighted by Gasteiger charge is -2.30. The van der Waals surface area contributed by atoms with E-state index in [1.807, 2.05) is 12.1 Å². The van der Waals surface area contributed by atoms with E-state index in [1.165, 1.54) is 30.4 Å². The zero-order valence-corrected chi connectivity index (χ0v) is 11.5. The second-order valence-corrected chi connectivity index (χ2v) is 6.74. The van der Waals surface area contributed by atoms with Crippen LogP contribution in [0.25, 0.3) is 0 Å². The molecule has 0 saturated carbocycles. The largest absolute Gasteiger partial charge is 0.463 e. The van der Waals surface area contributed by atoms with E-state index in [9.17, 15) is 8.42 Å². The smallest absolute Gasteiger partial charge is 0.208 e. The molecule has 0 spiro atoms. The van der Waals surface area contributed by atoms with Crippen LogP contribution in [0, 0.1) is 0 Å². The molecule has 102 valence electrons. The molecule has 0 amide bonds. The van der Waals surface area contributed by atoms with Crippen molar-refractivity contribution >= 4 is 10.0 Å². The Morgan fingerprint density at radius 3 is 2.67 bits per heavy atom. The first kappa shape index (κ1) is 13.6. The van der Waals surface area contributed by atoms with Crippen LogP contribution in [0.2, 0.25) is 0 Å². The minimum Gasteiger partial charge on any atom is -0.463 e. The fraction of sp³-hybridized carbons (Fsp3) is 0.667. The van der Waals surface area contributed by atoms with Gasteiger partial charge in [0.1, 0.15) is 0 Å². The van der Waals surface area contributed by atoms with Crippen molar-refractivity contribution in [2.75, 3.05) is 25.9 Å². The molecule has 2 heterocycles. The van der Waals surface area contributed by atoms with E-state index in [0.29, 0.717) is 6.54 Å². The molecule has 0 aromatic carbocycles. The molecule has 1 aliphatic rings. The molecular formula is C12H21N2O3S+. The van der Waals surface area contributed by atoms with Gasteiger partial charge in [-0.05, 0) is 31.4 Å². The van der Waals surface area contributed by atoms with Gasteiger partial charge in [0.25, 0.3) is 0 Å². The number of hydrogen-bond donors (Lipinski definition) is 2. The van der Waals surface area contributed by atoms with Crippen LogP contribution in [0.4, 0.5) is 0 Å². The van der Waals surface area contributed by atoms with E-state index < -0.39 is 10.0 Å². The first-order valence-corrected chi connectivity index (χ1v) is 8.28. The predicted molar refractivity (Wildman–Crippen MR) is 68.8 cm³/mol. The second kappa shape index (κ2) is 5.86. The second-order valence-electron chi connectivity index (χ2n) is 4.91. The van der Waals surface area contributed by atoms with Crippen molar-refractivity contribution in [3.63, 3.8) is 0 Å². The van der Waals surface area contributed by atoms with E-state index in [2.05, 4.69) is 4.72 Å². The van der Waals surface area contributed by atoms with Crippen LogP contribution in [-0.4, -0.2) is 34.3 Å². The highest BCUT2D eigenvalue weighted by Crippen LogP contribution is 2.11. The summed E-state index contributed by atoms with van der Waals surface area (Å²) in [6.45, 7) is 2.56. The fourth-order valence-corrected chi connectivity index (χ4v) is 2.99. The maximum absolute atomic E-state index is 11.2. The zero-order valence-electron chi connectivity index (χ0n) is 10.7. The molecule has 1 aliphatic heterocycles. The first-order chi connectivity index (χ1) is 8.56. The summed E-state index contributed by atoms with van der Waals surface area (Å²) < 4.78 is 30.5. The molecule has 0 radical (unpaired) electrons. The lowest BCUT2D eigenvalue weighted by molar-refractivity contribution is -0.935. The summed E-state index contributed by atoms with van der Waals surface area (Å²) in [6, 6.07) is 3.86. The van der Waals surface area contributed by atoms with Crippen molar-refractivity contribution in [3.05, 3.63) is 24.2 Å². The Hall–Kier alpha value is -0.850. The van der Waals surface area contributed by atoms with Crippen LogP contribution in [0.5, 0.6) is 0 Å². The number of rotatable bonds is 5. The Morgan fingerprint density at radius 2 is 2.11 bits per heavy atom. The standard InChI is InChI=1S/C12H20N2O3S/c1-18(15,16)13-10-11(12-6-5-9-17-12)14-7-3-2-4-8-14/h5-6,9,11,13H,2-4,7-8,10H2,1H3/p+1/t11-/m1/s1. The van der Waals surface area contributed by atoms with Gasteiger partial charge in [0.05, 0.1) is 32.2 Å². The number of sulfonamides is 1. The van der Waals surface area contributed by atoms with Gasteiger partial charge in [-0.1, -0.05) is 0 Å². The van der Waals surface area contributed by atoms with Crippen molar-refractivity contribution in [1.82, 2.24) is 4.72 Å². The molecule has 1 aromatic rings. The molecule has 1 atom stereocenters. The Labute approximate surface area is 108 Å². The lowest BCUT2D eigenvalue weighted by atomic mass is 10.1. The van der Waals surface area contributed by atoms with Crippen LogP contribution < -0.4 is 9.62 Å². The summed E-state index contributed by atoms with van der Waals surface area (Å²) in [6.07, 6.45) is 6.51. The summed E-state index contributed by atoms with van der Waals surface area (Å²) in [5.41, 5.74) is 0. The molecule has 6 heteroatoms. The highest BCUT2D eigenvalue weighted by molar-refractivity contribution is 7.88. The average molecular weight is 273 g/mol. The zero-order chi connectivity index (χ0) is 13.0. The summed E-state index contributed by atoms with van der Waals surface area (Å²) in [5.74, 6) is 0.864. The molecule has 2 rings (SSSR count). The van der Waals surface area contributed by atoms with Gasteiger partial charge in [-0.3, -0.25) is 0 Å². The normalized spacial score (nSPS) is 19.8. The summed E-state index contributed by atoms with van der Waals surface area (Å²) in [4.78, 5) is 1.41. The third kappa shape index (κ3) is 3.83. The van der Waals surface area contributed by atoms with Crippen molar-refractivity contribution in [1.29, 1.82) is 0 Å². The van der Waals surface area contributed by atoms with Gasteiger partial charge in [0, 0.05) is 0 Å². The molecule has 0 unspecified atom stereocenters. The fourth-order valence-electron chi connectivity index (χ4n) is 2.52. The van der Waals surface area contributed by atoms with E-state index in [-0.39, 0.29) is 6.04 Å². The van der Waals surface area contributed by atoms with Crippen LogP contribution in [0.3, 0.4) is 0 Å². The topological polar surface area (TPSA) is 63.8 Å². The minimum absolute atomic E-state index is 0.0787. The number of piperidine rings is 1. The van der Waals surface area contributed by atoms with Gasteiger partial charge in [0.15, 0.2) is 11.8 Å². The molecule has 2 N–H and O–H groups in total. The predicted octanol–water partition coefficient (Wildman–Crippen LogP) is -0.0613. The average Bonchev–Trinajstić information content (AvgIpc) is 2.83. The van der Waals surface area contributed by atoms with Gasteiger partial charge in [0.2, 0.25) is 10.0 Å². The maximum atomic E-state index is 11.2. The van der Waals surface area contributed by atoms with E-state index in [1.54, 1.807) is 6.26 Å². The molecule has 18 heavy (non-hydrogen) atoms. The van der Waals surface area contributed by atoms with Crippen LogP contribution in [0.15, 0.2) is 22.8 Å². The number of quaternary nitrogens is 1. The summed E-state index contributed by atoms with van der Waals surface area (Å²) >= 11 is 0. The Bertz CT molecular complexity index is 450. The summed E-state index contributed by atoms with van der Waals surface area (Å²) in [5, 5.41) is 0. The van der Waals surface area contributed by atoms with Crippen LogP contribution >= 0.6 is 0 Å². The number of hydrogen-bond acceptors (Lipinski definition) is 3. The first-order valence-electron chi connectivity index (χ1n) is 6.39. The number of likely N-dealkylation sites (tertiary alicyclic amines) is 1. The third-order valence-corrected chi connectivity index (χ3v) is 4.12. The van der Waals surface area contributed by atoms with Crippen molar-refractivity contribution in [2.24, 2.45) is 0 Å². The maximum Gasteiger partial charge on any atom is 0.208 e. The highest BCUT2D eigenvalue weighted by atomic mass is 32.2. The monoisotopic (exact) mass is 273 g/mol. The van der Waals surface area contributed by atoms with E-state index >= 15 is 0 Å². The van der Waals surface area contributed by atoms with Crippen LogP contribution in [-0.2, 0) is 10.0 Å². The quantitative estimate of drug-likeness (QED) is 0.790. The van der Waals surface area contributed by atoms with E-state index in [4.69, 9.17) is 4.42 Å². The minimum atomic E-state index is -3.15. The molecule has 5 nitrogen and oxygen atoms in total. The number of nitrogens with one attached hydrogen (secondary N) is 2. The van der Waals surface area contributed by atoms with Crippen LogP contribution in [0.1, 0.15) is 31.1 Å². The van der Waals surface area contributed by atoms with Gasteiger partial charge in [-0.2, -0.15) is 0 Å². The number of furan rings is 1. The molecular weight excluding hydrogens is 252 g/mol. The Kier molecular flexibility index (Phi) is 4.42. The van der Waals surface area contributed by atoms with Gasteiger partial charge < -0.3 is 9.32 Å². The van der Waals surface area contributed by atoms with Gasteiger partial charge >= 0.3 is 0 Å². The highest BCUT2D eigenvalue weighted by Gasteiger charge is 2.28. The molecule has 0 bridgehead atoms. The van der Waals surface area contributed by atoms with Crippen molar-refractivity contribution in [2.45, 2.75) is 25.3 Å².